The number of nitrogens with one attached hydrogen (secondary N) is 1. The number of amides is 3. The van der Waals surface area contributed by atoms with E-state index in [2.05, 4.69) is 34.0 Å². The Balaban J connectivity index is 1.47. The number of imide groups is 1. The third-order valence-electron chi connectivity index (χ3n) is 4.52. The molecule has 0 saturated carbocycles. The predicted octanol–water partition coefficient (Wildman–Crippen LogP) is 5.10. The highest BCUT2D eigenvalue weighted by Gasteiger charge is 2.36. The van der Waals surface area contributed by atoms with Gasteiger partial charge in [0.2, 0.25) is 5.91 Å². The van der Waals surface area contributed by atoms with Crippen molar-refractivity contribution in [1.82, 2.24) is 4.90 Å². The molecule has 1 N–H and O–H groups in total. The van der Waals surface area contributed by atoms with Crippen molar-refractivity contribution >= 4 is 63.2 Å². The highest BCUT2D eigenvalue weighted by molar-refractivity contribution is 14.1. The third kappa shape index (κ3) is 4.76. The first-order chi connectivity index (χ1) is 15.4. The van der Waals surface area contributed by atoms with Gasteiger partial charge >= 0.3 is 0 Å². The van der Waals surface area contributed by atoms with E-state index in [-0.39, 0.29) is 11.4 Å². The number of hydrogen-bond donors (Lipinski definition) is 1. The zero-order valence-corrected chi connectivity index (χ0v) is 19.3. The molecule has 2 aromatic carbocycles. The van der Waals surface area contributed by atoms with Crippen molar-refractivity contribution in [2.45, 2.75) is 0 Å². The summed E-state index contributed by atoms with van der Waals surface area (Å²) in [6, 6.07) is 19.6. The lowest BCUT2D eigenvalue weighted by atomic mass is 10.1. The zero-order valence-electron chi connectivity index (χ0n) is 16.4. The smallest absolute Gasteiger partial charge is 0.294 e. The maximum atomic E-state index is 12.7. The first kappa shape index (κ1) is 21.9. The van der Waals surface area contributed by atoms with Crippen molar-refractivity contribution < 1.29 is 18.8 Å². The van der Waals surface area contributed by atoms with Gasteiger partial charge in [0.05, 0.1) is 16.5 Å². The van der Waals surface area contributed by atoms with E-state index in [0.29, 0.717) is 28.3 Å². The number of hydrogen-bond acceptors (Lipinski definition) is 6. The third-order valence-corrected chi connectivity index (χ3v) is 6.14. The van der Waals surface area contributed by atoms with Crippen LogP contribution in [0.4, 0.5) is 10.5 Å². The predicted molar refractivity (Wildman–Crippen MR) is 129 cm³/mol. The molecule has 9 heteroatoms. The van der Waals surface area contributed by atoms with Gasteiger partial charge in [-0.3, -0.25) is 19.3 Å². The Kier molecular flexibility index (Phi) is 6.43. The summed E-state index contributed by atoms with van der Waals surface area (Å²) in [5, 5.41) is 11.4. The largest absolute Gasteiger partial charge is 0.457 e. The summed E-state index contributed by atoms with van der Waals surface area (Å²) in [6.45, 7) is -0.382. The van der Waals surface area contributed by atoms with Crippen LogP contribution in [0.3, 0.4) is 0 Å². The standard InChI is InChI=1S/C23H14IN3O4S/c24-15-5-7-16(8-6-15)26-21(28)13-27-22(29)20(32-23(27)30)11-17-9-10-19(31-17)18-4-2-1-3-14(18)12-25/h1-11H,13H2,(H,26,28)/b20-11+. The van der Waals surface area contributed by atoms with Gasteiger partial charge in [0.1, 0.15) is 18.1 Å². The van der Waals surface area contributed by atoms with E-state index in [9.17, 15) is 19.6 Å². The summed E-state index contributed by atoms with van der Waals surface area (Å²) in [4.78, 5) is 38.3. The highest BCUT2D eigenvalue weighted by atomic mass is 127. The lowest BCUT2D eigenvalue weighted by Crippen LogP contribution is -2.36. The van der Waals surface area contributed by atoms with Gasteiger partial charge < -0.3 is 9.73 Å². The molecule has 0 radical (unpaired) electrons. The number of furan rings is 1. The molecule has 3 amide bonds. The molecule has 0 spiro atoms. The zero-order chi connectivity index (χ0) is 22.7. The molecule has 3 aromatic rings. The normalized spacial score (nSPS) is 14.6. The average Bonchev–Trinajstić information content (AvgIpc) is 3.35. The summed E-state index contributed by atoms with van der Waals surface area (Å²) < 4.78 is 6.78. The number of carbonyl (C=O) groups is 3. The molecule has 1 saturated heterocycles. The highest BCUT2D eigenvalue weighted by Crippen LogP contribution is 2.33. The lowest BCUT2D eigenvalue weighted by molar-refractivity contribution is -0.127. The first-order valence-electron chi connectivity index (χ1n) is 9.35. The maximum Gasteiger partial charge on any atom is 0.294 e. The fourth-order valence-corrected chi connectivity index (χ4v) is 4.19. The lowest BCUT2D eigenvalue weighted by Gasteiger charge is -2.12. The molecule has 0 unspecified atom stereocenters. The van der Waals surface area contributed by atoms with E-state index in [1.54, 1.807) is 48.5 Å². The Hall–Kier alpha value is -3.36. The summed E-state index contributed by atoms with van der Waals surface area (Å²) in [6.07, 6.45) is 1.46. The van der Waals surface area contributed by atoms with Gasteiger partial charge in [-0.2, -0.15) is 5.26 Å². The monoisotopic (exact) mass is 555 g/mol. The second-order valence-electron chi connectivity index (χ2n) is 6.68. The minimum Gasteiger partial charge on any atom is -0.457 e. The molecular formula is C23H14IN3O4S. The van der Waals surface area contributed by atoms with Crippen molar-refractivity contribution in [1.29, 1.82) is 5.26 Å². The summed E-state index contributed by atoms with van der Waals surface area (Å²) in [5.74, 6) is -0.192. The van der Waals surface area contributed by atoms with Crippen LogP contribution in [-0.2, 0) is 9.59 Å². The second-order valence-corrected chi connectivity index (χ2v) is 8.92. The van der Waals surface area contributed by atoms with Crippen LogP contribution in [0.15, 0.2) is 70.0 Å². The Labute approximate surface area is 201 Å². The van der Waals surface area contributed by atoms with Gasteiger partial charge in [0.25, 0.3) is 11.1 Å². The van der Waals surface area contributed by atoms with Gasteiger partial charge in [-0.15, -0.1) is 0 Å². The molecule has 1 aliphatic heterocycles. The molecule has 1 aromatic heterocycles. The fraction of sp³-hybridized carbons (Fsp3) is 0.0435. The minimum absolute atomic E-state index is 0.159. The van der Waals surface area contributed by atoms with E-state index in [4.69, 9.17) is 4.42 Å². The number of anilines is 1. The molecule has 0 bridgehead atoms. The van der Waals surface area contributed by atoms with Crippen molar-refractivity contribution in [3.8, 4) is 17.4 Å². The molecule has 32 heavy (non-hydrogen) atoms. The number of benzene rings is 2. The van der Waals surface area contributed by atoms with Gasteiger partial charge in [0, 0.05) is 20.9 Å². The van der Waals surface area contributed by atoms with Crippen LogP contribution in [0.2, 0.25) is 0 Å². The van der Waals surface area contributed by atoms with E-state index >= 15 is 0 Å². The molecule has 4 rings (SSSR count). The molecule has 0 atom stereocenters. The minimum atomic E-state index is -0.562. The van der Waals surface area contributed by atoms with Crippen molar-refractivity contribution in [3.05, 3.63) is 80.5 Å². The van der Waals surface area contributed by atoms with Gasteiger partial charge in [-0.25, -0.2) is 0 Å². The molecular weight excluding hydrogens is 541 g/mol. The van der Waals surface area contributed by atoms with Crippen molar-refractivity contribution in [3.63, 3.8) is 0 Å². The first-order valence-corrected chi connectivity index (χ1v) is 11.2. The van der Waals surface area contributed by atoms with Crippen LogP contribution in [-0.4, -0.2) is 28.5 Å². The van der Waals surface area contributed by atoms with Crippen LogP contribution in [0.1, 0.15) is 11.3 Å². The molecule has 1 fully saturated rings. The van der Waals surface area contributed by atoms with Gasteiger partial charge in [-0.05, 0) is 82.9 Å². The van der Waals surface area contributed by atoms with Crippen LogP contribution in [0.25, 0.3) is 17.4 Å². The number of thioether (sulfide) groups is 1. The Morgan fingerprint density at radius 3 is 2.62 bits per heavy atom. The topological polar surface area (TPSA) is 103 Å². The van der Waals surface area contributed by atoms with Crippen molar-refractivity contribution in [2.24, 2.45) is 0 Å². The van der Waals surface area contributed by atoms with E-state index in [1.165, 1.54) is 6.08 Å². The summed E-state index contributed by atoms with van der Waals surface area (Å²) in [5.41, 5.74) is 1.68. The average molecular weight is 555 g/mol. The Morgan fingerprint density at radius 2 is 1.88 bits per heavy atom. The SMILES string of the molecule is N#Cc1ccccc1-c1ccc(/C=C2/SC(=O)N(CC(=O)Nc3ccc(I)cc3)C2=O)o1. The fourth-order valence-electron chi connectivity index (χ4n) is 3.01. The Bertz CT molecular complexity index is 1290. The van der Waals surface area contributed by atoms with Crippen LogP contribution in [0, 0.1) is 14.9 Å². The molecule has 2 heterocycles. The number of nitrogens with zero attached hydrogens (tertiary/aromatic N) is 2. The maximum absolute atomic E-state index is 12.7. The van der Waals surface area contributed by atoms with Crippen molar-refractivity contribution in [2.75, 3.05) is 11.9 Å². The number of halogens is 1. The van der Waals surface area contributed by atoms with Gasteiger partial charge in [0.15, 0.2) is 0 Å². The molecule has 0 aliphatic carbocycles. The molecule has 158 valence electrons. The molecule has 7 nitrogen and oxygen atoms in total. The van der Waals surface area contributed by atoms with Crippen LogP contribution < -0.4 is 5.32 Å². The van der Waals surface area contributed by atoms with Crippen LogP contribution in [0.5, 0.6) is 0 Å². The quantitative estimate of drug-likeness (QED) is 0.347. The van der Waals surface area contributed by atoms with E-state index < -0.39 is 17.1 Å². The summed E-state index contributed by atoms with van der Waals surface area (Å²) >= 11 is 2.90. The number of carbonyl (C=O) groups excluding carboxylic acids is 3. The number of nitriles is 1. The second kappa shape index (κ2) is 9.42. The van der Waals surface area contributed by atoms with E-state index in [0.717, 1.165) is 20.2 Å². The summed E-state index contributed by atoms with van der Waals surface area (Å²) in [7, 11) is 0. The molecule has 1 aliphatic rings. The number of rotatable bonds is 5. The van der Waals surface area contributed by atoms with Crippen LogP contribution >= 0.6 is 34.4 Å². The Morgan fingerprint density at radius 1 is 1.12 bits per heavy atom. The van der Waals surface area contributed by atoms with E-state index in [1.807, 2.05) is 12.1 Å². The van der Waals surface area contributed by atoms with Gasteiger partial charge in [-0.1, -0.05) is 12.1 Å².